The van der Waals surface area contributed by atoms with E-state index in [1.807, 2.05) is 35.7 Å². The Kier molecular flexibility index (Phi) is 6.99. The van der Waals surface area contributed by atoms with Gasteiger partial charge in [-0.2, -0.15) is 0 Å². The van der Waals surface area contributed by atoms with E-state index in [-0.39, 0.29) is 13.2 Å². The van der Waals surface area contributed by atoms with Gasteiger partial charge in [-0.15, -0.1) is 11.3 Å². The predicted molar refractivity (Wildman–Crippen MR) is 111 cm³/mol. The molecule has 1 atom stereocenters. The number of aromatic nitrogens is 1. The van der Waals surface area contributed by atoms with Crippen LogP contribution in [0.3, 0.4) is 0 Å². The van der Waals surface area contributed by atoms with Crippen LogP contribution in [-0.4, -0.2) is 53.5 Å². The van der Waals surface area contributed by atoms with Crippen LogP contribution >= 0.6 is 23.1 Å². The van der Waals surface area contributed by atoms with Gasteiger partial charge in [-0.05, 0) is 29.7 Å². The summed E-state index contributed by atoms with van der Waals surface area (Å²) in [4.78, 5) is 28.2. The van der Waals surface area contributed by atoms with E-state index in [1.165, 1.54) is 10.5 Å². The highest BCUT2D eigenvalue weighted by atomic mass is 32.2. The van der Waals surface area contributed by atoms with Crippen LogP contribution in [0.15, 0.2) is 40.1 Å². The first-order valence-electron chi connectivity index (χ1n) is 8.78. The highest BCUT2D eigenvalue weighted by molar-refractivity contribution is 8.00. The Balaban J connectivity index is 1.63. The van der Waals surface area contributed by atoms with Crippen LogP contribution < -0.4 is 10.5 Å². The van der Waals surface area contributed by atoms with Crippen LogP contribution in [0.2, 0.25) is 0 Å². The molecule has 0 saturated heterocycles. The topological polar surface area (TPSA) is 115 Å². The number of methoxy groups -OCH3 is 1. The van der Waals surface area contributed by atoms with Crippen molar-refractivity contribution in [1.82, 2.24) is 9.88 Å². The number of amides is 2. The number of carbonyl (C=O) groups excluding carboxylic acids is 1. The molecule has 0 fully saturated rings. The molecule has 8 nitrogen and oxygen atoms in total. The van der Waals surface area contributed by atoms with Crippen LogP contribution in [-0.2, 0) is 10.5 Å². The number of nitrogens with two attached hydrogens (primary N) is 1. The van der Waals surface area contributed by atoms with Gasteiger partial charge in [0.25, 0.3) is 0 Å². The maximum atomic E-state index is 11.4. The zero-order valence-corrected chi connectivity index (χ0v) is 17.4. The first-order chi connectivity index (χ1) is 14.0. The zero-order chi connectivity index (χ0) is 20.8. The van der Waals surface area contributed by atoms with Gasteiger partial charge in [0, 0.05) is 17.7 Å². The molecule has 0 spiro atoms. The minimum Gasteiger partial charge on any atom is -0.497 e. The maximum absolute atomic E-state index is 11.4. The molecule has 1 aliphatic rings. The first-order valence-corrected chi connectivity index (χ1v) is 10.6. The number of hydrogen-bond acceptors (Lipinski definition) is 7. The third kappa shape index (κ3) is 5.64. The summed E-state index contributed by atoms with van der Waals surface area (Å²) in [5.74, 6) is 1.61. The number of rotatable bonds is 7. The molecule has 0 saturated carbocycles. The Hall–Kier alpha value is -2.72. The van der Waals surface area contributed by atoms with Gasteiger partial charge in [0.05, 0.1) is 18.8 Å². The smallest absolute Gasteiger partial charge is 0.407 e. The SMILES string of the molecule is COc1ccc(CSc2nc(C3=CCN(C(=O)O)[C@H](COC(N)=O)C3)cs2)cc1. The Morgan fingerprint density at radius 1 is 1.38 bits per heavy atom. The molecule has 2 aromatic rings. The van der Waals surface area contributed by atoms with E-state index in [0.717, 1.165) is 27.1 Å². The molecular weight excluding hydrogens is 414 g/mol. The third-order valence-electron chi connectivity index (χ3n) is 4.43. The molecule has 0 unspecified atom stereocenters. The molecule has 29 heavy (non-hydrogen) atoms. The van der Waals surface area contributed by atoms with E-state index in [9.17, 15) is 14.7 Å². The normalized spacial score (nSPS) is 16.2. The lowest BCUT2D eigenvalue weighted by Gasteiger charge is -2.32. The Morgan fingerprint density at radius 3 is 2.79 bits per heavy atom. The fraction of sp³-hybridized carbons (Fsp3) is 0.316. The lowest BCUT2D eigenvalue weighted by Crippen LogP contribution is -2.45. The summed E-state index contributed by atoms with van der Waals surface area (Å²) in [6.07, 6.45) is 0.276. The van der Waals surface area contributed by atoms with Gasteiger partial charge in [-0.3, -0.25) is 4.90 Å². The number of hydrogen-bond donors (Lipinski definition) is 2. The number of ether oxygens (including phenoxy) is 2. The minimum absolute atomic E-state index is 0.0812. The van der Waals surface area contributed by atoms with E-state index >= 15 is 0 Å². The Bertz CT molecular complexity index is 898. The molecule has 2 amide bonds. The summed E-state index contributed by atoms with van der Waals surface area (Å²) in [5, 5.41) is 11.3. The van der Waals surface area contributed by atoms with Crippen molar-refractivity contribution in [1.29, 1.82) is 0 Å². The van der Waals surface area contributed by atoms with E-state index in [0.29, 0.717) is 6.42 Å². The van der Waals surface area contributed by atoms with E-state index in [2.05, 4.69) is 4.98 Å². The van der Waals surface area contributed by atoms with Crippen molar-refractivity contribution in [3.05, 3.63) is 47.0 Å². The average Bonchev–Trinajstić information content (AvgIpc) is 3.20. The Labute approximate surface area is 176 Å². The van der Waals surface area contributed by atoms with Crippen molar-refractivity contribution in [3.8, 4) is 5.75 Å². The van der Waals surface area contributed by atoms with E-state index < -0.39 is 18.2 Å². The lowest BCUT2D eigenvalue weighted by molar-refractivity contribution is 0.0879. The molecule has 2 heterocycles. The van der Waals surface area contributed by atoms with Gasteiger partial charge in [0.1, 0.15) is 12.4 Å². The van der Waals surface area contributed by atoms with Crippen LogP contribution in [0.4, 0.5) is 9.59 Å². The summed E-state index contributed by atoms with van der Waals surface area (Å²) in [7, 11) is 1.64. The fourth-order valence-electron chi connectivity index (χ4n) is 2.91. The third-order valence-corrected chi connectivity index (χ3v) is 6.52. The number of benzene rings is 1. The summed E-state index contributed by atoms with van der Waals surface area (Å²) in [5.41, 5.74) is 7.95. The van der Waals surface area contributed by atoms with Gasteiger partial charge in [0.2, 0.25) is 0 Å². The van der Waals surface area contributed by atoms with Crippen LogP contribution in [0, 0.1) is 0 Å². The number of primary amides is 1. The molecular formula is C19H21N3O5S2. The van der Waals surface area contributed by atoms with Crippen molar-refractivity contribution in [2.24, 2.45) is 5.73 Å². The highest BCUT2D eigenvalue weighted by Gasteiger charge is 2.29. The number of thiazole rings is 1. The second-order valence-electron chi connectivity index (χ2n) is 6.29. The van der Waals surface area contributed by atoms with Crippen molar-refractivity contribution < 1.29 is 24.2 Å². The molecule has 0 aliphatic carbocycles. The van der Waals surface area contributed by atoms with Crippen LogP contribution in [0.25, 0.3) is 5.57 Å². The van der Waals surface area contributed by atoms with Gasteiger partial charge < -0.3 is 20.3 Å². The van der Waals surface area contributed by atoms with Crippen molar-refractivity contribution in [2.75, 3.05) is 20.3 Å². The number of carboxylic acid groups (broad SMARTS) is 1. The van der Waals surface area contributed by atoms with Crippen molar-refractivity contribution in [2.45, 2.75) is 22.6 Å². The molecule has 0 radical (unpaired) electrons. The average molecular weight is 436 g/mol. The molecule has 3 N–H and O–H groups in total. The number of nitrogens with zero attached hydrogens (tertiary/aromatic N) is 2. The van der Waals surface area contributed by atoms with Gasteiger partial charge in [-0.25, -0.2) is 14.6 Å². The second kappa shape index (κ2) is 9.66. The Morgan fingerprint density at radius 2 is 2.14 bits per heavy atom. The summed E-state index contributed by atoms with van der Waals surface area (Å²) in [6.45, 7) is 0.130. The number of carbonyl (C=O) groups is 2. The molecule has 3 rings (SSSR count). The molecule has 10 heteroatoms. The fourth-order valence-corrected chi connectivity index (χ4v) is 4.72. The maximum Gasteiger partial charge on any atom is 0.407 e. The molecule has 1 aromatic heterocycles. The minimum atomic E-state index is -1.06. The quantitative estimate of drug-likeness (QED) is 0.638. The number of thioether (sulfide) groups is 1. The van der Waals surface area contributed by atoms with Crippen molar-refractivity contribution >= 4 is 40.9 Å². The summed E-state index contributed by atoms with van der Waals surface area (Å²) >= 11 is 3.19. The first kappa shape index (κ1) is 21.0. The lowest BCUT2D eigenvalue weighted by atomic mass is 9.99. The van der Waals surface area contributed by atoms with Gasteiger partial charge in [-0.1, -0.05) is 30.0 Å². The van der Waals surface area contributed by atoms with E-state index in [1.54, 1.807) is 30.2 Å². The van der Waals surface area contributed by atoms with Gasteiger partial charge >= 0.3 is 12.2 Å². The standard InChI is InChI=1S/C19H21N3O5S2/c1-26-15-4-2-12(3-5-15)10-28-18-21-16(11-29-18)13-6-7-22(19(24)25)14(8-13)9-27-17(20)23/h2-6,11,14H,7-10H2,1H3,(H2,20,23)(H,24,25)/t14-/m0/s1. The monoisotopic (exact) mass is 435 g/mol. The molecule has 0 bridgehead atoms. The summed E-state index contributed by atoms with van der Waals surface area (Å²) in [6, 6.07) is 7.41. The second-order valence-corrected chi connectivity index (χ2v) is 8.37. The van der Waals surface area contributed by atoms with E-state index in [4.69, 9.17) is 15.2 Å². The molecule has 1 aromatic carbocycles. The zero-order valence-electron chi connectivity index (χ0n) is 15.7. The summed E-state index contributed by atoms with van der Waals surface area (Å²) < 4.78 is 10.9. The van der Waals surface area contributed by atoms with Crippen LogP contribution in [0.5, 0.6) is 5.75 Å². The molecule has 154 valence electrons. The van der Waals surface area contributed by atoms with Crippen molar-refractivity contribution in [3.63, 3.8) is 0 Å². The highest BCUT2D eigenvalue weighted by Crippen LogP contribution is 2.32. The molecule has 1 aliphatic heterocycles. The largest absolute Gasteiger partial charge is 0.497 e. The van der Waals surface area contributed by atoms with Crippen LogP contribution in [0.1, 0.15) is 17.7 Å². The van der Waals surface area contributed by atoms with Gasteiger partial charge in [0.15, 0.2) is 4.34 Å². The predicted octanol–water partition coefficient (Wildman–Crippen LogP) is 3.68.